The molecule has 0 bridgehead atoms. The largest absolute Gasteiger partial charge is 0.494 e. The first-order chi connectivity index (χ1) is 13.3. The van der Waals surface area contributed by atoms with Crippen LogP contribution in [-0.4, -0.2) is 33.2 Å². The Morgan fingerprint density at radius 1 is 1.07 bits per heavy atom. The molecule has 2 rings (SSSR count). The number of amides is 1. The Kier molecular flexibility index (Phi) is 7.45. The van der Waals surface area contributed by atoms with Gasteiger partial charge in [-0.2, -0.15) is 0 Å². The van der Waals surface area contributed by atoms with Gasteiger partial charge in [0.15, 0.2) is 0 Å². The van der Waals surface area contributed by atoms with Gasteiger partial charge in [-0.15, -0.1) is 0 Å². The Bertz CT molecular complexity index is 878. The third-order valence-corrected chi connectivity index (χ3v) is 5.50. The van der Waals surface area contributed by atoms with Crippen LogP contribution >= 0.6 is 0 Å². The summed E-state index contributed by atoms with van der Waals surface area (Å²) in [7, 11) is -3.63. The Labute approximate surface area is 167 Å². The number of nitrogens with zero attached hydrogens (tertiary/aromatic N) is 1. The van der Waals surface area contributed by atoms with Crippen molar-refractivity contribution < 1.29 is 17.9 Å². The number of nitrogens with one attached hydrogen (secondary N) is 1. The Morgan fingerprint density at radius 3 is 2.18 bits per heavy atom. The van der Waals surface area contributed by atoms with E-state index in [-0.39, 0.29) is 5.91 Å². The van der Waals surface area contributed by atoms with E-state index in [1.807, 2.05) is 50.2 Å². The van der Waals surface area contributed by atoms with E-state index in [0.717, 1.165) is 23.1 Å². The van der Waals surface area contributed by atoms with Crippen LogP contribution in [0.4, 0.5) is 5.69 Å². The van der Waals surface area contributed by atoms with Crippen molar-refractivity contribution in [2.75, 3.05) is 17.2 Å². The first-order valence-corrected chi connectivity index (χ1v) is 11.2. The normalized spacial score (nSPS) is 12.3. The molecule has 1 N–H and O–H groups in total. The lowest BCUT2D eigenvalue weighted by atomic mass is 10.1. The molecule has 0 saturated heterocycles. The fourth-order valence-electron chi connectivity index (χ4n) is 2.93. The van der Waals surface area contributed by atoms with Crippen molar-refractivity contribution in [3.63, 3.8) is 0 Å². The zero-order valence-electron chi connectivity index (χ0n) is 16.8. The van der Waals surface area contributed by atoms with Crippen LogP contribution in [0.2, 0.25) is 0 Å². The first kappa shape index (κ1) is 21.8. The third-order valence-electron chi connectivity index (χ3n) is 4.32. The molecule has 0 fully saturated rings. The van der Waals surface area contributed by atoms with Gasteiger partial charge in [0.05, 0.1) is 18.6 Å². The van der Waals surface area contributed by atoms with Gasteiger partial charge in [-0.1, -0.05) is 36.8 Å². The van der Waals surface area contributed by atoms with Gasteiger partial charge >= 0.3 is 0 Å². The van der Waals surface area contributed by atoms with Crippen LogP contribution in [0.5, 0.6) is 5.75 Å². The van der Waals surface area contributed by atoms with Crippen LogP contribution in [-0.2, 0) is 21.4 Å². The second kappa shape index (κ2) is 9.59. The number of anilines is 1. The van der Waals surface area contributed by atoms with Crippen molar-refractivity contribution in [1.29, 1.82) is 0 Å². The molecule has 0 unspecified atom stereocenters. The summed E-state index contributed by atoms with van der Waals surface area (Å²) < 4.78 is 31.5. The maximum absolute atomic E-state index is 12.8. The number of hydrogen-bond donors (Lipinski definition) is 1. The van der Waals surface area contributed by atoms with Crippen LogP contribution < -0.4 is 14.4 Å². The molecule has 0 spiro atoms. The number of sulfonamides is 1. The zero-order chi connectivity index (χ0) is 20.7. The predicted octanol–water partition coefficient (Wildman–Crippen LogP) is 3.25. The van der Waals surface area contributed by atoms with Crippen molar-refractivity contribution in [3.05, 3.63) is 59.7 Å². The minimum atomic E-state index is -3.63. The minimum absolute atomic E-state index is 0.313. The lowest BCUT2D eigenvalue weighted by Gasteiger charge is -2.30. The highest BCUT2D eigenvalue weighted by Gasteiger charge is 2.31. The topological polar surface area (TPSA) is 75.7 Å². The summed E-state index contributed by atoms with van der Waals surface area (Å²) >= 11 is 0. The summed E-state index contributed by atoms with van der Waals surface area (Å²) in [6.45, 7) is 6.55. The minimum Gasteiger partial charge on any atom is -0.494 e. The highest BCUT2D eigenvalue weighted by molar-refractivity contribution is 7.92. The number of benzene rings is 2. The monoisotopic (exact) mass is 404 g/mol. The smallest absolute Gasteiger partial charge is 0.244 e. The molecule has 0 aromatic heterocycles. The number of carbonyl (C=O) groups is 1. The highest BCUT2D eigenvalue weighted by atomic mass is 32.2. The quantitative estimate of drug-likeness (QED) is 0.696. The molecule has 0 aliphatic heterocycles. The molecular weight excluding hydrogens is 376 g/mol. The molecule has 2 aromatic carbocycles. The van der Waals surface area contributed by atoms with Crippen molar-refractivity contribution in [2.24, 2.45) is 0 Å². The van der Waals surface area contributed by atoms with Gasteiger partial charge in [0.2, 0.25) is 15.9 Å². The van der Waals surface area contributed by atoms with Crippen LogP contribution in [0, 0.1) is 6.92 Å². The average molecular weight is 405 g/mol. The first-order valence-electron chi connectivity index (χ1n) is 9.31. The summed E-state index contributed by atoms with van der Waals surface area (Å²) in [6.07, 6.45) is 1.48. The summed E-state index contributed by atoms with van der Waals surface area (Å²) in [6, 6.07) is 13.7. The zero-order valence-corrected chi connectivity index (χ0v) is 17.6. The van der Waals surface area contributed by atoms with E-state index >= 15 is 0 Å². The van der Waals surface area contributed by atoms with Gasteiger partial charge in [0.1, 0.15) is 11.8 Å². The van der Waals surface area contributed by atoms with Crippen molar-refractivity contribution in [1.82, 2.24) is 5.32 Å². The van der Waals surface area contributed by atoms with Crippen LogP contribution in [0.15, 0.2) is 48.5 Å². The molecule has 1 atom stereocenters. The summed E-state index contributed by atoms with van der Waals surface area (Å²) in [5, 5.41) is 2.85. The van der Waals surface area contributed by atoms with E-state index in [4.69, 9.17) is 4.74 Å². The van der Waals surface area contributed by atoms with Gasteiger partial charge < -0.3 is 10.1 Å². The second-order valence-corrected chi connectivity index (χ2v) is 8.47. The summed E-state index contributed by atoms with van der Waals surface area (Å²) in [4.78, 5) is 12.8. The maximum atomic E-state index is 12.8. The van der Waals surface area contributed by atoms with E-state index in [1.54, 1.807) is 19.1 Å². The SMILES string of the molecule is CCOc1ccc(CNC(=O)[C@H](CC)N(c2ccc(C)cc2)S(C)(=O)=O)cc1. The van der Waals surface area contributed by atoms with Crippen LogP contribution in [0.1, 0.15) is 31.4 Å². The standard InChI is InChI=1S/C21H28N2O4S/c1-5-20(23(28(4,25)26)18-11-7-16(3)8-12-18)21(24)22-15-17-9-13-19(14-10-17)27-6-2/h7-14,20H,5-6,15H2,1-4H3,(H,22,24)/t20-/m0/s1. The fraction of sp³-hybridized carbons (Fsp3) is 0.381. The van der Waals surface area contributed by atoms with Gasteiger partial charge in [0.25, 0.3) is 0 Å². The van der Waals surface area contributed by atoms with Crippen LogP contribution in [0.3, 0.4) is 0 Å². The molecule has 2 aromatic rings. The van der Waals surface area contributed by atoms with Crippen LogP contribution in [0.25, 0.3) is 0 Å². The molecule has 1 amide bonds. The summed E-state index contributed by atoms with van der Waals surface area (Å²) in [5.41, 5.74) is 2.41. The molecular formula is C21H28N2O4S. The number of carbonyl (C=O) groups excluding carboxylic acids is 1. The van der Waals surface area contributed by atoms with E-state index in [9.17, 15) is 13.2 Å². The van der Waals surface area contributed by atoms with Crippen molar-refractivity contribution >= 4 is 21.6 Å². The second-order valence-electron chi connectivity index (χ2n) is 6.61. The van der Waals surface area contributed by atoms with E-state index in [2.05, 4.69) is 5.32 Å². The maximum Gasteiger partial charge on any atom is 0.244 e. The molecule has 0 aliphatic rings. The van der Waals surface area contributed by atoms with Gasteiger partial charge in [-0.05, 0) is 50.1 Å². The van der Waals surface area contributed by atoms with Gasteiger partial charge in [0, 0.05) is 6.54 Å². The van der Waals surface area contributed by atoms with E-state index in [1.165, 1.54) is 4.31 Å². The third kappa shape index (κ3) is 5.73. The molecule has 0 aliphatic carbocycles. The number of ether oxygens (including phenoxy) is 1. The fourth-order valence-corrected chi connectivity index (χ4v) is 4.14. The number of aryl methyl sites for hydroxylation is 1. The molecule has 152 valence electrons. The Hall–Kier alpha value is -2.54. The lowest BCUT2D eigenvalue weighted by Crippen LogP contribution is -2.49. The lowest BCUT2D eigenvalue weighted by molar-refractivity contribution is -0.122. The molecule has 7 heteroatoms. The number of rotatable bonds is 9. The molecule has 0 radical (unpaired) electrons. The molecule has 6 nitrogen and oxygen atoms in total. The average Bonchev–Trinajstić information content (AvgIpc) is 2.65. The number of hydrogen-bond acceptors (Lipinski definition) is 4. The molecule has 0 saturated carbocycles. The molecule has 0 heterocycles. The highest BCUT2D eigenvalue weighted by Crippen LogP contribution is 2.23. The van der Waals surface area contributed by atoms with E-state index < -0.39 is 16.1 Å². The van der Waals surface area contributed by atoms with Gasteiger partial charge in [-0.3, -0.25) is 9.10 Å². The van der Waals surface area contributed by atoms with Gasteiger partial charge in [-0.25, -0.2) is 8.42 Å². The van der Waals surface area contributed by atoms with E-state index in [0.29, 0.717) is 25.3 Å². The van der Waals surface area contributed by atoms with Crippen molar-refractivity contribution in [2.45, 2.75) is 39.8 Å². The Balaban J connectivity index is 2.16. The Morgan fingerprint density at radius 2 is 1.68 bits per heavy atom. The molecule has 28 heavy (non-hydrogen) atoms. The predicted molar refractivity (Wildman–Crippen MR) is 112 cm³/mol. The summed E-state index contributed by atoms with van der Waals surface area (Å²) in [5.74, 6) is 0.439. The van der Waals surface area contributed by atoms with Crippen molar-refractivity contribution in [3.8, 4) is 5.75 Å².